The molecule has 3 aromatic rings. The molecule has 7 heteroatoms. The van der Waals surface area contributed by atoms with Gasteiger partial charge in [-0.15, -0.1) is 0 Å². The summed E-state index contributed by atoms with van der Waals surface area (Å²) in [5.74, 6) is -0.794. The number of rotatable bonds is 5. The van der Waals surface area contributed by atoms with Gasteiger partial charge in [0, 0.05) is 11.4 Å². The normalized spacial score (nSPS) is 10.6. The summed E-state index contributed by atoms with van der Waals surface area (Å²) in [6, 6.07) is 14.3. The number of carbonyl (C=O) groups excluding carboxylic acids is 2. The van der Waals surface area contributed by atoms with Crippen LogP contribution in [0.3, 0.4) is 0 Å². The predicted octanol–water partition coefficient (Wildman–Crippen LogP) is 3.42. The van der Waals surface area contributed by atoms with Gasteiger partial charge in [0.1, 0.15) is 0 Å². The van der Waals surface area contributed by atoms with Crippen molar-refractivity contribution in [2.45, 2.75) is 20.3 Å². The monoisotopic (exact) mass is 382 g/mol. The number of nitrogens with two attached hydrogens (primary N) is 1. The third-order valence-corrected chi connectivity index (χ3v) is 4.39. The summed E-state index contributed by atoms with van der Waals surface area (Å²) in [5.41, 5.74) is 9.76. The fraction of sp³-hybridized carbons (Fsp3) is 0.150. The van der Waals surface area contributed by atoms with E-state index in [0.29, 0.717) is 5.69 Å². The van der Waals surface area contributed by atoms with E-state index in [2.05, 4.69) is 10.4 Å². The van der Waals surface area contributed by atoms with Crippen LogP contribution in [0.25, 0.3) is 5.69 Å². The largest absolute Gasteiger partial charge is 0.366 e. The van der Waals surface area contributed by atoms with Crippen molar-refractivity contribution in [2.75, 3.05) is 5.32 Å². The maximum Gasteiger partial charge on any atom is 0.250 e. The number of hydrogen-bond donors (Lipinski definition) is 2. The average Bonchev–Trinajstić information content (AvgIpc) is 2.93. The van der Waals surface area contributed by atoms with Crippen LogP contribution in [0.4, 0.5) is 5.69 Å². The van der Waals surface area contributed by atoms with Gasteiger partial charge in [0.25, 0.3) is 0 Å². The molecule has 0 fully saturated rings. The Hall–Kier alpha value is -3.12. The molecule has 3 rings (SSSR count). The van der Waals surface area contributed by atoms with Crippen LogP contribution >= 0.6 is 11.6 Å². The number of anilines is 1. The maximum atomic E-state index is 12.3. The zero-order valence-electron chi connectivity index (χ0n) is 15.0. The molecule has 3 N–H and O–H groups in total. The van der Waals surface area contributed by atoms with Crippen LogP contribution in [0.1, 0.15) is 27.3 Å². The molecule has 2 aromatic carbocycles. The highest BCUT2D eigenvalue weighted by Crippen LogP contribution is 2.21. The van der Waals surface area contributed by atoms with Crippen molar-refractivity contribution in [2.24, 2.45) is 5.73 Å². The van der Waals surface area contributed by atoms with Crippen molar-refractivity contribution in [3.8, 4) is 5.69 Å². The van der Waals surface area contributed by atoms with E-state index in [4.69, 9.17) is 17.3 Å². The van der Waals surface area contributed by atoms with Crippen LogP contribution in [-0.2, 0) is 11.2 Å². The van der Waals surface area contributed by atoms with E-state index >= 15 is 0 Å². The first-order chi connectivity index (χ1) is 12.8. The van der Waals surface area contributed by atoms with Crippen molar-refractivity contribution in [1.29, 1.82) is 0 Å². The second kappa shape index (κ2) is 7.63. The molecule has 27 heavy (non-hydrogen) atoms. The summed E-state index contributed by atoms with van der Waals surface area (Å²) in [7, 11) is 0. The Morgan fingerprint density at radius 1 is 1.11 bits per heavy atom. The Labute approximate surface area is 161 Å². The molecule has 0 aliphatic heterocycles. The first kappa shape index (κ1) is 18.7. The highest BCUT2D eigenvalue weighted by Gasteiger charge is 2.10. The molecule has 0 atom stereocenters. The Kier molecular flexibility index (Phi) is 5.28. The number of amides is 2. The Balaban J connectivity index is 1.67. The van der Waals surface area contributed by atoms with Gasteiger partial charge in [-0.25, -0.2) is 4.68 Å². The Morgan fingerprint density at radius 3 is 2.37 bits per heavy atom. The smallest absolute Gasteiger partial charge is 0.250 e. The molecule has 0 spiro atoms. The summed E-state index contributed by atoms with van der Waals surface area (Å²) < 4.78 is 1.86. The van der Waals surface area contributed by atoms with Crippen molar-refractivity contribution in [3.05, 3.63) is 76.1 Å². The quantitative estimate of drug-likeness (QED) is 0.708. The van der Waals surface area contributed by atoms with Crippen LogP contribution in [0, 0.1) is 13.8 Å². The third-order valence-electron chi connectivity index (χ3n) is 4.07. The highest BCUT2D eigenvalue weighted by molar-refractivity contribution is 6.34. The third kappa shape index (κ3) is 4.35. The first-order valence-corrected chi connectivity index (χ1v) is 8.73. The molecule has 0 aliphatic carbocycles. The molecule has 0 saturated heterocycles. The van der Waals surface area contributed by atoms with Gasteiger partial charge < -0.3 is 11.1 Å². The lowest BCUT2D eigenvalue weighted by atomic mass is 10.1. The zero-order chi connectivity index (χ0) is 19.6. The predicted molar refractivity (Wildman–Crippen MR) is 105 cm³/mol. The second-order valence-corrected chi connectivity index (χ2v) is 6.70. The highest BCUT2D eigenvalue weighted by atomic mass is 35.5. The number of primary amides is 1. The molecule has 0 saturated carbocycles. The van der Waals surface area contributed by atoms with Gasteiger partial charge in [0.2, 0.25) is 11.8 Å². The summed E-state index contributed by atoms with van der Waals surface area (Å²) in [6.45, 7) is 3.94. The molecule has 0 radical (unpaired) electrons. The summed E-state index contributed by atoms with van der Waals surface area (Å²) >= 11 is 6.00. The van der Waals surface area contributed by atoms with Crippen LogP contribution in [0.15, 0.2) is 48.5 Å². The number of nitrogens with zero attached hydrogens (tertiary/aromatic N) is 2. The first-order valence-electron chi connectivity index (χ1n) is 8.35. The lowest BCUT2D eigenvalue weighted by Gasteiger charge is -2.09. The molecular formula is C20H19ClN4O2. The van der Waals surface area contributed by atoms with E-state index in [0.717, 1.165) is 22.6 Å². The molecule has 6 nitrogen and oxygen atoms in total. The Morgan fingerprint density at radius 2 is 1.81 bits per heavy atom. The van der Waals surface area contributed by atoms with E-state index in [1.807, 2.05) is 48.9 Å². The number of nitrogens with one attached hydrogen (secondary N) is 1. The van der Waals surface area contributed by atoms with Gasteiger partial charge in [0.15, 0.2) is 0 Å². The average molecular weight is 383 g/mol. The fourth-order valence-electron chi connectivity index (χ4n) is 2.83. The molecule has 0 bridgehead atoms. The summed E-state index contributed by atoms with van der Waals surface area (Å²) in [4.78, 5) is 23.5. The summed E-state index contributed by atoms with van der Waals surface area (Å²) in [5, 5.41) is 7.41. The minimum Gasteiger partial charge on any atom is -0.366 e. The number of aryl methyl sites for hydroxylation is 2. The molecule has 0 unspecified atom stereocenters. The number of aromatic nitrogens is 2. The number of halogens is 1. The molecule has 2 amide bonds. The van der Waals surface area contributed by atoms with Gasteiger partial charge in [-0.2, -0.15) is 5.10 Å². The minimum absolute atomic E-state index is 0.184. The van der Waals surface area contributed by atoms with Crippen molar-refractivity contribution in [3.63, 3.8) is 0 Å². The van der Waals surface area contributed by atoms with Gasteiger partial charge in [-0.3, -0.25) is 9.59 Å². The van der Waals surface area contributed by atoms with Gasteiger partial charge in [0.05, 0.1) is 28.4 Å². The second-order valence-electron chi connectivity index (χ2n) is 6.29. The van der Waals surface area contributed by atoms with Crippen molar-refractivity contribution >= 4 is 29.1 Å². The van der Waals surface area contributed by atoms with Gasteiger partial charge in [-0.1, -0.05) is 23.7 Å². The fourth-order valence-corrected chi connectivity index (χ4v) is 3.10. The van der Waals surface area contributed by atoms with E-state index in [-0.39, 0.29) is 22.9 Å². The van der Waals surface area contributed by atoms with E-state index in [1.54, 1.807) is 6.07 Å². The molecular weight excluding hydrogens is 364 g/mol. The lowest BCUT2D eigenvalue weighted by molar-refractivity contribution is -0.115. The number of hydrogen-bond acceptors (Lipinski definition) is 3. The number of benzene rings is 2. The van der Waals surface area contributed by atoms with Gasteiger partial charge >= 0.3 is 0 Å². The summed E-state index contributed by atoms with van der Waals surface area (Å²) in [6.07, 6.45) is 0.215. The topological polar surface area (TPSA) is 90.0 Å². The van der Waals surface area contributed by atoms with E-state index < -0.39 is 5.91 Å². The number of carbonyl (C=O) groups is 2. The van der Waals surface area contributed by atoms with Crippen molar-refractivity contribution in [1.82, 2.24) is 9.78 Å². The molecule has 138 valence electrons. The van der Waals surface area contributed by atoms with Crippen LogP contribution < -0.4 is 11.1 Å². The lowest BCUT2D eigenvalue weighted by Crippen LogP contribution is -2.15. The molecule has 0 aliphatic rings. The Bertz CT molecular complexity index is 1010. The van der Waals surface area contributed by atoms with Crippen LogP contribution in [0.5, 0.6) is 0 Å². The minimum atomic E-state index is -0.611. The maximum absolute atomic E-state index is 12.3. The van der Waals surface area contributed by atoms with Crippen LogP contribution in [0.2, 0.25) is 5.02 Å². The van der Waals surface area contributed by atoms with E-state index in [9.17, 15) is 9.59 Å². The zero-order valence-corrected chi connectivity index (χ0v) is 15.7. The molecule has 1 aromatic heterocycles. The van der Waals surface area contributed by atoms with Crippen molar-refractivity contribution < 1.29 is 9.59 Å². The standard InChI is InChI=1S/C20H19ClN4O2/c1-12-9-13(2)25(24-12)16-6-3-14(4-7-16)10-19(26)23-15-5-8-17(20(22)27)18(21)11-15/h3-9,11H,10H2,1-2H3,(H2,22,27)(H,23,26). The SMILES string of the molecule is Cc1cc(C)n(-c2ccc(CC(=O)Nc3ccc(C(N)=O)c(Cl)c3)cc2)n1. The van der Waals surface area contributed by atoms with Gasteiger partial charge in [-0.05, 0) is 55.8 Å². The van der Waals surface area contributed by atoms with E-state index in [1.165, 1.54) is 12.1 Å². The van der Waals surface area contributed by atoms with Crippen LogP contribution in [-0.4, -0.2) is 21.6 Å². The molecule has 1 heterocycles.